The average molecular weight is 451 g/mol. The molecular formula is C24H26N4O3S. The number of hydrogen-bond acceptors (Lipinski definition) is 6. The van der Waals surface area contributed by atoms with Crippen molar-refractivity contribution in [1.29, 1.82) is 0 Å². The molecule has 1 fully saturated rings. The van der Waals surface area contributed by atoms with Crippen LogP contribution in [0.1, 0.15) is 21.6 Å². The molecule has 0 saturated carbocycles. The first-order valence-electron chi connectivity index (χ1n) is 10.6. The lowest BCUT2D eigenvalue weighted by Gasteiger charge is -2.30. The third-order valence-electron chi connectivity index (χ3n) is 5.19. The Bertz CT molecular complexity index is 1060. The van der Waals surface area contributed by atoms with E-state index in [-0.39, 0.29) is 18.4 Å². The summed E-state index contributed by atoms with van der Waals surface area (Å²) in [6.07, 6.45) is 0. The molecule has 0 aliphatic carbocycles. The van der Waals surface area contributed by atoms with Gasteiger partial charge in [-0.05, 0) is 30.2 Å². The third kappa shape index (κ3) is 5.72. The smallest absolute Gasteiger partial charge is 0.274 e. The molecular weight excluding hydrogens is 424 g/mol. The summed E-state index contributed by atoms with van der Waals surface area (Å²) < 4.78 is 5.34. The van der Waals surface area contributed by atoms with Gasteiger partial charge in [0.25, 0.3) is 5.91 Å². The first kappa shape index (κ1) is 22.0. The number of benzene rings is 2. The molecule has 0 bridgehead atoms. The van der Waals surface area contributed by atoms with Crippen molar-refractivity contribution in [2.45, 2.75) is 13.5 Å². The van der Waals surface area contributed by atoms with Gasteiger partial charge in [0, 0.05) is 30.7 Å². The van der Waals surface area contributed by atoms with E-state index in [9.17, 15) is 9.59 Å². The van der Waals surface area contributed by atoms with E-state index in [4.69, 9.17) is 4.74 Å². The fourth-order valence-electron chi connectivity index (χ4n) is 3.52. The number of aromatic nitrogens is 1. The molecule has 1 aliphatic rings. The number of carbonyl (C=O) groups excluding carboxylic acids is 2. The summed E-state index contributed by atoms with van der Waals surface area (Å²) >= 11 is 1.37. The van der Waals surface area contributed by atoms with Crippen molar-refractivity contribution in [1.82, 2.24) is 14.8 Å². The van der Waals surface area contributed by atoms with Crippen molar-refractivity contribution in [3.63, 3.8) is 0 Å². The summed E-state index contributed by atoms with van der Waals surface area (Å²) in [5.41, 5.74) is 3.35. The van der Waals surface area contributed by atoms with Crippen LogP contribution in [0.2, 0.25) is 0 Å². The molecule has 1 aromatic heterocycles. The Morgan fingerprint density at radius 2 is 1.91 bits per heavy atom. The minimum absolute atomic E-state index is 0.00585. The number of aryl methyl sites for hydroxylation is 1. The van der Waals surface area contributed by atoms with E-state index >= 15 is 0 Å². The molecule has 7 nitrogen and oxygen atoms in total. The van der Waals surface area contributed by atoms with E-state index in [2.05, 4.69) is 10.3 Å². The molecule has 8 heteroatoms. The first-order valence-corrected chi connectivity index (χ1v) is 11.4. The number of hydrogen-bond donors (Lipinski definition) is 1. The molecule has 0 spiro atoms. The maximum atomic E-state index is 13.3. The van der Waals surface area contributed by atoms with Crippen molar-refractivity contribution in [2.75, 3.05) is 38.2 Å². The van der Waals surface area contributed by atoms with Crippen LogP contribution in [0.4, 0.5) is 10.8 Å². The highest BCUT2D eigenvalue weighted by molar-refractivity contribution is 7.14. The van der Waals surface area contributed by atoms with Gasteiger partial charge in [-0.25, -0.2) is 4.98 Å². The highest BCUT2D eigenvalue weighted by atomic mass is 32.1. The third-order valence-corrected chi connectivity index (χ3v) is 5.94. The largest absolute Gasteiger partial charge is 0.378 e. The summed E-state index contributed by atoms with van der Waals surface area (Å²) in [6, 6.07) is 17.6. The van der Waals surface area contributed by atoms with Crippen molar-refractivity contribution >= 4 is 34.0 Å². The minimum Gasteiger partial charge on any atom is -0.378 e. The van der Waals surface area contributed by atoms with Crippen molar-refractivity contribution in [3.05, 3.63) is 76.8 Å². The number of nitrogens with one attached hydrogen (secondary N) is 1. The number of amides is 2. The van der Waals surface area contributed by atoms with Crippen molar-refractivity contribution in [2.24, 2.45) is 0 Å². The van der Waals surface area contributed by atoms with E-state index in [0.29, 0.717) is 43.7 Å². The molecule has 1 N–H and O–H groups in total. The molecule has 166 valence electrons. The predicted molar refractivity (Wildman–Crippen MR) is 125 cm³/mol. The number of morpholine rings is 1. The average Bonchev–Trinajstić information content (AvgIpc) is 3.28. The Balaban J connectivity index is 1.50. The summed E-state index contributed by atoms with van der Waals surface area (Å²) in [5, 5.41) is 5.62. The fraction of sp³-hybridized carbons (Fsp3) is 0.292. The SMILES string of the molecule is Cc1cccc(Nc2nc(C(=O)N(CC(=O)N3CCOCC3)Cc3ccccc3)cs2)c1. The minimum atomic E-state index is -0.260. The number of rotatable bonds is 7. The Morgan fingerprint density at radius 3 is 2.66 bits per heavy atom. The maximum Gasteiger partial charge on any atom is 0.274 e. The summed E-state index contributed by atoms with van der Waals surface area (Å²) in [5.74, 6) is -0.338. The van der Waals surface area contributed by atoms with Gasteiger partial charge < -0.3 is 19.9 Å². The van der Waals surface area contributed by atoms with Crippen LogP contribution in [0.5, 0.6) is 0 Å². The van der Waals surface area contributed by atoms with Crippen LogP contribution in [0.3, 0.4) is 0 Å². The van der Waals surface area contributed by atoms with Gasteiger partial charge >= 0.3 is 0 Å². The molecule has 1 aliphatic heterocycles. The lowest BCUT2D eigenvalue weighted by Crippen LogP contribution is -2.47. The molecule has 32 heavy (non-hydrogen) atoms. The van der Waals surface area contributed by atoms with E-state index < -0.39 is 0 Å². The van der Waals surface area contributed by atoms with Crippen LogP contribution in [-0.2, 0) is 16.1 Å². The molecule has 4 rings (SSSR count). The van der Waals surface area contributed by atoms with Crippen LogP contribution >= 0.6 is 11.3 Å². The van der Waals surface area contributed by atoms with E-state index in [0.717, 1.165) is 16.8 Å². The van der Waals surface area contributed by atoms with E-state index in [1.807, 2.05) is 61.5 Å². The van der Waals surface area contributed by atoms with E-state index in [1.54, 1.807) is 15.2 Å². The summed E-state index contributed by atoms with van der Waals surface area (Å²) in [7, 11) is 0. The normalized spacial score (nSPS) is 13.6. The van der Waals surface area contributed by atoms with Crippen molar-refractivity contribution < 1.29 is 14.3 Å². The van der Waals surface area contributed by atoms with Gasteiger partial charge in [-0.3, -0.25) is 9.59 Å². The van der Waals surface area contributed by atoms with Gasteiger partial charge in [0.1, 0.15) is 12.2 Å². The molecule has 2 heterocycles. The Morgan fingerprint density at radius 1 is 1.12 bits per heavy atom. The number of carbonyl (C=O) groups is 2. The highest BCUT2D eigenvalue weighted by Gasteiger charge is 2.25. The fourth-order valence-corrected chi connectivity index (χ4v) is 4.22. The topological polar surface area (TPSA) is 74.8 Å². The van der Waals surface area contributed by atoms with Gasteiger partial charge in [-0.1, -0.05) is 42.5 Å². The van der Waals surface area contributed by atoms with Gasteiger partial charge in [0.05, 0.1) is 13.2 Å². The van der Waals surface area contributed by atoms with Crippen LogP contribution in [0.25, 0.3) is 0 Å². The Kier molecular flexibility index (Phi) is 7.14. The molecule has 0 unspecified atom stereocenters. The number of thiazole rings is 1. The van der Waals surface area contributed by atoms with Crippen LogP contribution in [-0.4, -0.2) is 59.4 Å². The van der Waals surface area contributed by atoms with Crippen molar-refractivity contribution in [3.8, 4) is 0 Å². The number of ether oxygens (including phenoxy) is 1. The predicted octanol–water partition coefficient (Wildman–Crippen LogP) is 3.70. The summed E-state index contributed by atoms with van der Waals surface area (Å²) in [4.78, 5) is 34.0. The molecule has 0 atom stereocenters. The van der Waals surface area contributed by atoms with Gasteiger partial charge in [0.2, 0.25) is 5.91 Å². The maximum absolute atomic E-state index is 13.3. The lowest BCUT2D eigenvalue weighted by molar-refractivity contribution is -0.136. The standard InChI is InChI=1S/C24H26N4O3S/c1-18-6-5-9-20(14-18)25-24-26-21(17-32-24)23(30)28(15-19-7-3-2-4-8-19)16-22(29)27-10-12-31-13-11-27/h2-9,14,17H,10-13,15-16H2,1H3,(H,25,26). The van der Waals surface area contributed by atoms with E-state index in [1.165, 1.54) is 11.3 Å². The zero-order valence-corrected chi connectivity index (χ0v) is 18.8. The van der Waals surface area contributed by atoms with Crippen LogP contribution < -0.4 is 5.32 Å². The van der Waals surface area contributed by atoms with Gasteiger partial charge in [-0.2, -0.15) is 0 Å². The summed E-state index contributed by atoms with van der Waals surface area (Å²) in [6.45, 7) is 4.52. The number of nitrogens with zero attached hydrogens (tertiary/aromatic N) is 3. The quantitative estimate of drug-likeness (QED) is 0.594. The van der Waals surface area contributed by atoms with Crippen LogP contribution in [0, 0.1) is 6.92 Å². The Labute approximate surface area is 191 Å². The molecule has 0 radical (unpaired) electrons. The molecule has 2 aromatic carbocycles. The zero-order chi connectivity index (χ0) is 22.3. The number of anilines is 2. The van der Waals surface area contributed by atoms with Crippen LogP contribution in [0.15, 0.2) is 60.0 Å². The monoisotopic (exact) mass is 450 g/mol. The molecule has 3 aromatic rings. The molecule has 2 amide bonds. The van der Waals surface area contributed by atoms with Gasteiger partial charge in [-0.15, -0.1) is 11.3 Å². The first-order chi connectivity index (χ1) is 15.6. The second-order valence-corrected chi connectivity index (χ2v) is 8.53. The molecule has 1 saturated heterocycles. The second-order valence-electron chi connectivity index (χ2n) is 7.67. The second kappa shape index (κ2) is 10.4. The highest BCUT2D eigenvalue weighted by Crippen LogP contribution is 2.23. The Hall–Kier alpha value is -3.23. The lowest BCUT2D eigenvalue weighted by atomic mass is 10.2. The zero-order valence-electron chi connectivity index (χ0n) is 18.0. The van der Waals surface area contributed by atoms with Gasteiger partial charge in [0.15, 0.2) is 5.13 Å².